The number of para-hydroxylation sites is 1. The van der Waals surface area contributed by atoms with Gasteiger partial charge in [-0.1, -0.05) is 18.2 Å². The third-order valence-corrected chi connectivity index (χ3v) is 4.44. The number of anilines is 1. The van der Waals surface area contributed by atoms with Gasteiger partial charge in [-0.05, 0) is 30.2 Å². The number of rotatable bonds is 6. The highest BCUT2D eigenvalue weighted by Gasteiger charge is 2.33. The molecule has 0 bridgehead atoms. The quantitative estimate of drug-likeness (QED) is 0.726. The zero-order valence-corrected chi connectivity index (χ0v) is 15.3. The lowest BCUT2D eigenvalue weighted by Gasteiger charge is -2.22. The SMILES string of the molecule is N[C@@H](CC(=O)N1N=CCC1C(=O)Nc1ccccc1)Cc1cc(F)c(F)cc1F. The van der Waals surface area contributed by atoms with Crippen LogP contribution in [0, 0.1) is 17.5 Å². The van der Waals surface area contributed by atoms with Crippen molar-refractivity contribution < 1.29 is 22.8 Å². The summed E-state index contributed by atoms with van der Waals surface area (Å²) in [5, 5.41) is 7.69. The molecule has 0 radical (unpaired) electrons. The summed E-state index contributed by atoms with van der Waals surface area (Å²) in [5.41, 5.74) is 6.35. The molecular weight excluding hydrogens is 385 g/mol. The number of hydrogen-bond donors (Lipinski definition) is 2. The van der Waals surface area contributed by atoms with E-state index in [0.29, 0.717) is 11.8 Å². The molecule has 2 aromatic carbocycles. The molecule has 0 spiro atoms. The van der Waals surface area contributed by atoms with Gasteiger partial charge in [0.1, 0.15) is 11.9 Å². The van der Waals surface area contributed by atoms with Crippen LogP contribution in [0.1, 0.15) is 18.4 Å². The van der Waals surface area contributed by atoms with Crippen LogP contribution in [0.25, 0.3) is 0 Å². The highest BCUT2D eigenvalue weighted by Crippen LogP contribution is 2.19. The second-order valence-corrected chi connectivity index (χ2v) is 6.67. The van der Waals surface area contributed by atoms with Crippen LogP contribution < -0.4 is 11.1 Å². The average molecular weight is 404 g/mol. The van der Waals surface area contributed by atoms with Crippen LogP contribution in [-0.4, -0.2) is 35.1 Å². The molecule has 1 aliphatic rings. The van der Waals surface area contributed by atoms with Gasteiger partial charge >= 0.3 is 0 Å². The van der Waals surface area contributed by atoms with E-state index in [9.17, 15) is 22.8 Å². The maximum atomic E-state index is 13.8. The van der Waals surface area contributed by atoms with Gasteiger partial charge in [-0.3, -0.25) is 9.59 Å². The highest BCUT2D eigenvalue weighted by molar-refractivity contribution is 5.99. The van der Waals surface area contributed by atoms with Crippen LogP contribution in [0.3, 0.4) is 0 Å². The first-order chi connectivity index (χ1) is 13.8. The summed E-state index contributed by atoms with van der Waals surface area (Å²) in [6.45, 7) is 0. The summed E-state index contributed by atoms with van der Waals surface area (Å²) in [4.78, 5) is 25.0. The van der Waals surface area contributed by atoms with E-state index in [1.54, 1.807) is 30.3 Å². The molecule has 152 valence electrons. The fourth-order valence-electron chi connectivity index (χ4n) is 3.01. The highest BCUT2D eigenvalue weighted by atomic mass is 19.2. The number of nitrogens with zero attached hydrogens (tertiary/aromatic N) is 2. The maximum absolute atomic E-state index is 13.8. The monoisotopic (exact) mass is 404 g/mol. The molecule has 0 saturated heterocycles. The van der Waals surface area contributed by atoms with E-state index in [-0.39, 0.29) is 24.8 Å². The molecule has 29 heavy (non-hydrogen) atoms. The average Bonchev–Trinajstić information content (AvgIpc) is 3.17. The summed E-state index contributed by atoms with van der Waals surface area (Å²) < 4.78 is 40.1. The van der Waals surface area contributed by atoms with E-state index in [4.69, 9.17) is 5.73 Å². The summed E-state index contributed by atoms with van der Waals surface area (Å²) >= 11 is 0. The van der Waals surface area contributed by atoms with Crippen molar-refractivity contribution >= 4 is 23.7 Å². The van der Waals surface area contributed by atoms with Crippen LogP contribution in [-0.2, 0) is 16.0 Å². The van der Waals surface area contributed by atoms with Crippen molar-refractivity contribution in [1.29, 1.82) is 0 Å². The third-order valence-electron chi connectivity index (χ3n) is 4.44. The molecule has 0 aromatic heterocycles. The Morgan fingerprint density at radius 2 is 1.83 bits per heavy atom. The first-order valence-electron chi connectivity index (χ1n) is 8.94. The Balaban J connectivity index is 1.61. The Labute approximate surface area is 165 Å². The molecule has 2 aromatic rings. The standard InChI is InChI=1S/C20H19F3N4O2/c21-15-11-17(23)16(22)9-12(15)8-13(24)10-19(28)27-18(6-7-25-27)20(29)26-14-4-2-1-3-5-14/h1-5,7,9,11,13,18H,6,8,10,24H2,(H,26,29)/t13-,18?/m1/s1. The molecule has 0 saturated carbocycles. The molecule has 0 aliphatic carbocycles. The van der Waals surface area contributed by atoms with Crippen molar-refractivity contribution in [2.24, 2.45) is 10.8 Å². The summed E-state index contributed by atoms with van der Waals surface area (Å²) in [6.07, 6.45) is 1.28. The smallest absolute Gasteiger partial charge is 0.249 e. The van der Waals surface area contributed by atoms with Crippen molar-refractivity contribution in [1.82, 2.24) is 5.01 Å². The normalized spacial score (nSPS) is 16.7. The number of nitrogens with two attached hydrogens (primary N) is 1. The number of hydrazone groups is 1. The predicted molar refractivity (Wildman–Crippen MR) is 101 cm³/mol. The number of nitrogens with one attached hydrogen (secondary N) is 1. The van der Waals surface area contributed by atoms with Gasteiger partial charge in [-0.2, -0.15) is 5.10 Å². The molecule has 3 N–H and O–H groups in total. The molecule has 1 aliphatic heterocycles. The second kappa shape index (κ2) is 8.87. The minimum absolute atomic E-state index is 0.132. The largest absolute Gasteiger partial charge is 0.327 e. The zero-order valence-electron chi connectivity index (χ0n) is 15.3. The number of halogens is 3. The van der Waals surface area contributed by atoms with Crippen molar-refractivity contribution in [3.8, 4) is 0 Å². The lowest BCUT2D eigenvalue weighted by atomic mass is 10.0. The van der Waals surface area contributed by atoms with Gasteiger partial charge in [-0.15, -0.1) is 0 Å². The predicted octanol–water partition coefficient (Wildman–Crippen LogP) is 2.59. The van der Waals surface area contributed by atoms with Gasteiger partial charge in [0.25, 0.3) is 0 Å². The lowest BCUT2D eigenvalue weighted by molar-refractivity contribution is -0.137. The van der Waals surface area contributed by atoms with E-state index in [0.717, 1.165) is 11.1 Å². The number of carbonyl (C=O) groups is 2. The van der Waals surface area contributed by atoms with Crippen LogP contribution in [0.2, 0.25) is 0 Å². The van der Waals surface area contributed by atoms with Crippen LogP contribution in [0.15, 0.2) is 47.6 Å². The zero-order chi connectivity index (χ0) is 21.0. The molecule has 2 amide bonds. The van der Waals surface area contributed by atoms with E-state index in [1.807, 2.05) is 0 Å². The Hall–Kier alpha value is -3.20. The van der Waals surface area contributed by atoms with Crippen molar-refractivity contribution in [3.63, 3.8) is 0 Å². The number of carbonyl (C=O) groups excluding carboxylic acids is 2. The van der Waals surface area contributed by atoms with E-state index >= 15 is 0 Å². The van der Waals surface area contributed by atoms with E-state index in [1.165, 1.54) is 6.21 Å². The fourth-order valence-corrected chi connectivity index (χ4v) is 3.01. The molecule has 6 nitrogen and oxygen atoms in total. The number of hydrogen-bond acceptors (Lipinski definition) is 4. The van der Waals surface area contributed by atoms with Gasteiger partial charge in [0.2, 0.25) is 11.8 Å². The Bertz CT molecular complexity index is 937. The van der Waals surface area contributed by atoms with Gasteiger partial charge in [0, 0.05) is 36.9 Å². The minimum Gasteiger partial charge on any atom is -0.327 e. The maximum Gasteiger partial charge on any atom is 0.249 e. The second-order valence-electron chi connectivity index (χ2n) is 6.67. The summed E-state index contributed by atoms with van der Waals surface area (Å²) in [7, 11) is 0. The van der Waals surface area contributed by atoms with Crippen LogP contribution in [0.4, 0.5) is 18.9 Å². The van der Waals surface area contributed by atoms with Crippen LogP contribution in [0.5, 0.6) is 0 Å². The molecule has 1 heterocycles. The van der Waals surface area contributed by atoms with E-state index < -0.39 is 41.3 Å². The number of benzene rings is 2. The molecule has 3 rings (SSSR count). The fraction of sp³-hybridized carbons (Fsp3) is 0.250. The van der Waals surface area contributed by atoms with Crippen molar-refractivity contribution in [3.05, 3.63) is 65.5 Å². The first-order valence-corrected chi connectivity index (χ1v) is 8.94. The van der Waals surface area contributed by atoms with Gasteiger partial charge in [0.05, 0.1) is 0 Å². The van der Waals surface area contributed by atoms with Gasteiger partial charge < -0.3 is 11.1 Å². The van der Waals surface area contributed by atoms with Crippen LogP contribution >= 0.6 is 0 Å². The molecule has 1 unspecified atom stereocenters. The lowest BCUT2D eigenvalue weighted by Crippen LogP contribution is -2.43. The minimum atomic E-state index is -1.30. The summed E-state index contributed by atoms with van der Waals surface area (Å²) in [6, 6.07) is 8.23. The Morgan fingerprint density at radius 1 is 1.14 bits per heavy atom. The molecule has 0 fully saturated rings. The Morgan fingerprint density at radius 3 is 2.55 bits per heavy atom. The molecule has 9 heteroatoms. The van der Waals surface area contributed by atoms with Crippen molar-refractivity contribution in [2.75, 3.05) is 5.32 Å². The van der Waals surface area contributed by atoms with Gasteiger partial charge in [-0.25, -0.2) is 18.2 Å². The third kappa shape index (κ3) is 5.00. The number of amides is 2. The van der Waals surface area contributed by atoms with Crippen molar-refractivity contribution in [2.45, 2.75) is 31.3 Å². The van der Waals surface area contributed by atoms with Gasteiger partial charge in [0.15, 0.2) is 11.6 Å². The first kappa shape index (κ1) is 20.5. The summed E-state index contributed by atoms with van der Waals surface area (Å²) in [5.74, 6) is -4.35. The Kier molecular flexibility index (Phi) is 6.28. The molecule has 2 atom stereocenters. The topological polar surface area (TPSA) is 87.8 Å². The molecular formula is C20H19F3N4O2. The van der Waals surface area contributed by atoms with E-state index in [2.05, 4.69) is 10.4 Å².